The van der Waals surface area contributed by atoms with Gasteiger partial charge in [-0.2, -0.15) is 4.31 Å². The van der Waals surface area contributed by atoms with E-state index in [2.05, 4.69) is 0 Å². The minimum atomic E-state index is -3.82. The normalized spacial score (nSPS) is 16.3. The molecule has 8 nitrogen and oxygen atoms in total. The number of carbonyl (C=O) groups is 1. The molecular weight excluding hydrogens is 462 g/mol. The second kappa shape index (κ2) is 8.87. The summed E-state index contributed by atoms with van der Waals surface area (Å²) in [5, 5.41) is 5.27. The highest BCUT2D eigenvalue weighted by Crippen LogP contribution is 2.28. The van der Waals surface area contributed by atoms with Gasteiger partial charge in [-0.3, -0.25) is 4.79 Å². The molecule has 0 spiro atoms. The Morgan fingerprint density at radius 2 is 1.58 bits per heavy atom. The van der Waals surface area contributed by atoms with Gasteiger partial charge in [-0.1, -0.05) is 23.7 Å². The van der Waals surface area contributed by atoms with Crippen molar-refractivity contribution in [3.05, 3.63) is 58.6 Å². The van der Waals surface area contributed by atoms with E-state index >= 15 is 0 Å². The van der Waals surface area contributed by atoms with Crippen molar-refractivity contribution < 1.29 is 21.6 Å². The van der Waals surface area contributed by atoms with Crippen LogP contribution in [0.5, 0.6) is 0 Å². The summed E-state index contributed by atoms with van der Waals surface area (Å²) in [6, 6.07) is 9.58. The number of hydrogen-bond donors (Lipinski definition) is 1. The number of primary sulfonamides is 1. The van der Waals surface area contributed by atoms with Crippen molar-refractivity contribution >= 4 is 37.6 Å². The lowest BCUT2D eigenvalue weighted by Crippen LogP contribution is -2.31. The summed E-state index contributed by atoms with van der Waals surface area (Å²) in [7, 11) is -5.94. The maximum Gasteiger partial charge on any atom is 0.255 e. The maximum atomic E-state index is 13.1. The van der Waals surface area contributed by atoms with Crippen LogP contribution in [0.3, 0.4) is 0 Å². The van der Waals surface area contributed by atoms with Crippen molar-refractivity contribution in [2.45, 2.75) is 35.6 Å². The topological polar surface area (TPSA) is 118 Å². The average Bonchev–Trinajstić information content (AvgIpc) is 3.27. The smallest absolute Gasteiger partial charge is 0.255 e. The largest absolute Gasteiger partial charge is 0.335 e. The Bertz CT molecular complexity index is 1190. The zero-order chi connectivity index (χ0) is 23.0. The molecule has 0 bridgehead atoms. The lowest BCUT2D eigenvalue weighted by Gasteiger charge is -2.26. The van der Waals surface area contributed by atoms with Crippen LogP contribution < -0.4 is 5.14 Å². The van der Waals surface area contributed by atoms with Gasteiger partial charge in [0.05, 0.1) is 26.4 Å². The summed E-state index contributed by atoms with van der Waals surface area (Å²) in [4.78, 5) is 14.5. The molecule has 1 unspecified atom stereocenters. The summed E-state index contributed by atoms with van der Waals surface area (Å²) in [5.41, 5.74) is 0.762. The van der Waals surface area contributed by atoms with E-state index in [0.29, 0.717) is 18.7 Å². The molecule has 11 heteroatoms. The third-order valence-corrected chi connectivity index (χ3v) is 8.62. The van der Waals surface area contributed by atoms with E-state index in [-0.39, 0.29) is 20.4 Å². The van der Waals surface area contributed by atoms with Crippen LogP contribution in [0.1, 0.15) is 41.7 Å². The summed E-state index contributed by atoms with van der Waals surface area (Å²) < 4.78 is 50.0. The second-order valence-corrected chi connectivity index (χ2v) is 11.4. The standard InChI is InChI=1S/C20H24ClN3O5S2/c1-14(15-5-7-16(8-6-15)30(22,26)27)23(2)20(25)18-13-17(9-10-19(18)21)31(28,29)24-11-3-4-12-24/h5-10,13-14H,3-4,11-12H2,1-2H3,(H2,22,26,27). The van der Waals surface area contributed by atoms with Crippen LogP contribution in [0.15, 0.2) is 52.3 Å². The molecule has 1 fully saturated rings. The molecule has 2 aromatic carbocycles. The van der Waals surface area contributed by atoms with Crippen LogP contribution in [-0.2, 0) is 20.0 Å². The first-order valence-corrected chi connectivity index (χ1v) is 13.0. The van der Waals surface area contributed by atoms with Crippen molar-refractivity contribution in [3.63, 3.8) is 0 Å². The minimum Gasteiger partial charge on any atom is -0.335 e. The highest BCUT2D eigenvalue weighted by molar-refractivity contribution is 7.89. The van der Waals surface area contributed by atoms with Crippen LogP contribution in [0, 0.1) is 0 Å². The lowest BCUT2D eigenvalue weighted by atomic mass is 10.1. The van der Waals surface area contributed by atoms with Crippen LogP contribution in [0.2, 0.25) is 5.02 Å². The van der Waals surface area contributed by atoms with E-state index in [0.717, 1.165) is 12.8 Å². The molecule has 2 N–H and O–H groups in total. The van der Waals surface area contributed by atoms with E-state index < -0.39 is 32.0 Å². The fourth-order valence-electron chi connectivity index (χ4n) is 3.43. The molecule has 1 heterocycles. The molecule has 0 radical (unpaired) electrons. The van der Waals surface area contributed by atoms with E-state index in [1.165, 1.54) is 39.5 Å². The number of benzene rings is 2. The first-order chi connectivity index (χ1) is 14.4. The number of halogens is 1. The molecule has 1 atom stereocenters. The quantitative estimate of drug-likeness (QED) is 0.674. The van der Waals surface area contributed by atoms with E-state index in [4.69, 9.17) is 16.7 Å². The molecule has 1 aliphatic heterocycles. The van der Waals surface area contributed by atoms with Crippen molar-refractivity contribution in [1.82, 2.24) is 9.21 Å². The molecular formula is C20H24ClN3O5S2. The first kappa shape index (κ1) is 23.7. The summed E-state index contributed by atoms with van der Waals surface area (Å²) in [6.45, 7) is 2.68. The Labute approximate surface area is 187 Å². The molecule has 0 aliphatic carbocycles. The molecule has 0 saturated carbocycles. The van der Waals surface area contributed by atoms with Crippen molar-refractivity contribution in [2.75, 3.05) is 20.1 Å². The molecule has 1 amide bonds. The van der Waals surface area contributed by atoms with E-state index in [1.807, 2.05) is 0 Å². The van der Waals surface area contributed by atoms with E-state index in [9.17, 15) is 21.6 Å². The number of rotatable bonds is 6. The third-order valence-electron chi connectivity index (χ3n) is 5.46. The van der Waals surface area contributed by atoms with Crippen LogP contribution in [-0.4, -0.2) is 52.1 Å². The van der Waals surface area contributed by atoms with Crippen LogP contribution in [0.25, 0.3) is 0 Å². The Hall–Kier alpha value is -1.98. The number of sulfonamides is 2. The monoisotopic (exact) mass is 485 g/mol. The zero-order valence-corrected chi connectivity index (χ0v) is 19.5. The molecule has 0 aromatic heterocycles. The second-order valence-electron chi connectivity index (χ2n) is 7.46. The predicted molar refractivity (Wildman–Crippen MR) is 118 cm³/mol. The predicted octanol–water partition coefficient (Wildman–Crippen LogP) is 2.61. The highest BCUT2D eigenvalue weighted by Gasteiger charge is 2.29. The van der Waals surface area contributed by atoms with Crippen LogP contribution >= 0.6 is 11.6 Å². The molecule has 2 aromatic rings. The molecule has 31 heavy (non-hydrogen) atoms. The Balaban J connectivity index is 1.88. The number of nitrogens with zero attached hydrogens (tertiary/aromatic N) is 2. The van der Waals surface area contributed by atoms with Gasteiger partial charge in [0.2, 0.25) is 20.0 Å². The molecule has 3 rings (SSSR count). The third kappa shape index (κ3) is 4.93. The van der Waals surface area contributed by atoms with Crippen molar-refractivity contribution in [2.24, 2.45) is 5.14 Å². The van der Waals surface area contributed by atoms with Gasteiger partial charge in [-0.25, -0.2) is 22.0 Å². The van der Waals surface area contributed by atoms with Crippen molar-refractivity contribution in [1.29, 1.82) is 0 Å². The number of nitrogens with two attached hydrogens (primary N) is 1. The van der Waals surface area contributed by atoms with Gasteiger partial charge in [-0.15, -0.1) is 0 Å². The summed E-state index contributed by atoms with van der Waals surface area (Å²) in [6.07, 6.45) is 1.62. The first-order valence-electron chi connectivity index (χ1n) is 9.62. The van der Waals surface area contributed by atoms with Crippen molar-refractivity contribution in [3.8, 4) is 0 Å². The minimum absolute atomic E-state index is 0.0275. The van der Waals surface area contributed by atoms with Gasteiger partial charge in [0, 0.05) is 20.1 Å². The van der Waals surface area contributed by atoms with Crippen LogP contribution in [0.4, 0.5) is 0 Å². The number of amides is 1. The summed E-state index contributed by atoms with van der Waals surface area (Å²) in [5.74, 6) is -0.452. The molecule has 168 valence electrons. The Morgan fingerprint density at radius 3 is 2.13 bits per heavy atom. The summed E-state index contributed by atoms with van der Waals surface area (Å²) >= 11 is 6.23. The average molecular weight is 486 g/mol. The zero-order valence-electron chi connectivity index (χ0n) is 17.2. The maximum absolute atomic E-state index is 13.1. The van der Waals surface area contributed by atoms with Gasteiger partial charge < -0.3 is 4.90 Å². The van der Waals surface area contributed by atoms with Gasteiger partial charge >= 0.3 is 0 Å². The molecule has 1 saturated heterocycles. The van der Waals surface area contributed by atoms with Gasteiger partial charge in [0.15, 0.2) is 0 Å². The SMILES string of the molecule is CC(c1ccc(S(N)(=O)=O)cc1)N(C)C(=O)c1cc(S(=O)(=O)N2CCCC2)ccc1Cl. The lowest BCUT2D eigenvalue weighted by molar-refractivity contribution is 0.0742. The Kier molecular flexibility index (Phi) is 6.78. The highest BCUT2D eigenvalue weighted by atomic mass is 35.5. The van der Waals surface area contributed by atoms with Gasteiger partial charge in [0.25, 0.3) is 5.91 Å². The Morgan fingerprint density at radius 1 is 1.03 bits per heavy atom. The fraction of sp³-hybridized carbons (Fsp3) is 0.350. The number of hydrogen-bond acceptors (Lipinski definition) is 5. The fourth-order valence-corrected chi connectivity index (χ4v) is 5.69. The van der Waals surface area contributed by atoms with Gasteiger partial charge in [-0.05, 0) is 55.7 Å². The van der Waals surface area contributed by atoms with E-state index in [1.54, 1.807) is 26.1 Å². The van der Waals surface area contributed by atoms with Gasteiger partial charge in [0.1, 0.15) is 0 Å². The molecule has 1 aliphatic rings. The number of carbonyl (C=O) groups excluding carboxylic acids is 1.